The fourth-order valence-electron chi connectivity index (χ4n) is 9.57. The van der Waals surface area contributed by atoms with Crippen molar-refractivity contribution in [3.05, 3.63) is 215 Å². The zero-order valence-corrected chi connectivity index (χ0v) is 31.9. The summed E-state index contributed by atoms with van der Waals surface area (Å²) in [6.07, 6.45) is 5.42. The molecule has 11 rings (SSSR count). The quantitative estimate of drug-likeness (QED) is 0.170. The molecule has 0 amide bonds. The van der Waals surface area contributed by atoms with E-state index < -0.39 is 5.41 Å². The summed E-state index contributed by atoms with van der Waals surface area (Å²) in [6, 6.07) is 63.1. The van der Waals surface area contributed by atoms with Crippen LogP contribution in [-0.4, -0.2) is 0 Å². The second-order valence-electron chi connectivity index (χ2n) is 15.1. The number of allylic oxidation sites excluding steroid dienone is 1. The monoisotopic (exact) mass is 733 g/mol. The number of rotatable bonds is 6. The minimum absolute atomic E-state index is 0.465. The Morgan fingerprint density at radius 1 is 0.509 bits per heavy atom. The Balaban J connectivity index is 1.11. The average molecular weight is 734 g/mol. The zero-order valence-electron chi connectivity index (χ0n) is 31.9. The third kappa shape index (κ3) is 4.85. The van der Waals surface area contributed by atoms with Crippen LogP contribution in [0.5, 0.6) is 23.0 Å². The van der Waals surface area contributed by atoms with Crippen LogP contribution in [-0.2, 0) is 5.41 Å². The maximum atomic E-state index is 7.16. The van der Waals surface area contributed by atoms with Crippen LogP contribution < -0.4 is 14.4 Å². The average Bonchev–Trinajstić information content (AvgIpc) is 3.74. The molecule has 0 aromatic heterocycles. The van der Waals surface area contributed by atoms with Crippen molar-refractivity contribution in [1.82, 2.24) is 0 Å². The molecule has 57 heavy (non-hydrogen) atoms. The molecule has 0 bridgehead atoms. The first kappa shape index (κ1) is 33.3. The molecule has 2 aliphatic carbocycles. The SMILES string of the molecule is CC/C=C\c1c(C)cccc1N(c1cccc(-c2ccccc2)c1)c1cccc2c1Oc1ccc3c(c1O2)-c1ccccc1C31c2ccccc2-c2ccccc21. The van der Waals surface area contributed by atoms with E-state index in [4.69, 9.17) is 9.47 Å². The van der Waals surface area contributed by atoms with Gasteiger partial charge >= 0.3 is 0 Å². The van der Waals surface area contributed by atoms with Crippen molar-refractivity contribution in [3.63, 3.8) is 0 Å². The number of anilines is 3. The standard InChI is InChI=1S/C54H39NO2/c1-3-4-22-39-35(2)17-14-29-47(39)55(38-21-15-20-37(34-38)36-18-6-5-7-19-36)48-30-16-31-49-52(48)56-50-33-32-46-51(53(50)57-49)42-25-10-13-28-45(42)54(46)43-26-11-8-23-40(43)41-24-9-12-27-44(41)54/h4-34H,3H2,1-2H3/b22-4-. The third-order valence-corrected chi connectivity index (χ3v) is 12.0. The molecule has 3 nitrogen and oxygen atoms in total. The molecule has 0 radical (unpaired) electrons. The van der Waals surface area contributed by atoms with Crippen LogP contribution in [0.4, 0.5) is 17.1 Å². The summed E-state index contributed by atoms with van der Waals surface area (Å²) in [5.41, 5.74) is 17.1. The van der Waals surface area contributed by atoms with Crippen molar-refractivity contribution in [2.75, 3.05) is 4.90 Å². The summed E-state index contributed by atoms with van der Waals surface area (Å²) in [7, 11) is 0. The number of fused-ring (bicyclic) bond motifs is 13. The van der Waals surface area contributed by atoms with Crippen LogP contribution >= 0.6 is 0 Å². The molecule has 0 N–H and O–H groups in total. The molecule has 8 aromatic rings. The van der Waals surface area contributed by atoms with Gasteiger partial charge in [0.2, 0.25) is 0 Å². The van der Waals surface area contributed by atoms with E-state index in [1.807, 2.05) is 6.07 Å². The highest BCUT2D eigenvalue weighted by Crippen LogP contribution is 2.66. The van der Waals surface area contributed by atoms with Crippen LogP contribution in [0.2, 0.25) is 0 Å². The van der Waals surface area contributed by atoms with Gasteiger partial charge in [0.15, 0.2) is 23.0 Å². The highest BCUT2D eigenvalue weighted by atomic mass is 16.6. The number of ether oxygens (including phenoxy) is 2. The lowest BCUT2D eigenvalue weighted by atomic mass is 9.70. The van der Waals surface area contributed by atoms with Gasteiger partial charge in [0.25, 0.3) is 0 Å². The Labute approximate surface area is 333 Å². The van der Waals surface area contributed by atoms with Crippen molar-refractivity contribution >= 4 is 23.1 Å². The van der Waals surface area contributed by atoms with Gasteiger partial charge in [-0.3, -0.25) is 0 Å². The lowest BCUT2D eigenvalue weighted by Crippen LogP contribution is -2.25. The molecule has 8 aromatic carbocycles. The lowest BCUT2D eigenvalue weighted by Gasteiger charge is -2.33. The molecule has 0 atom stereocenters. The molecular weight excluding hydrogens is 695 g/mol. The van der Waals surface area contributed by atoms with E-state index in [1.165, 1.54) is 44.5 Å². The number of para-hydroxylation sites is 1. The summed E-state index contributed by atoms with van der Waals surface area (Å²) in [5, 5.41) is 0. The van der Waals surface area contributed by atoms with Crippen molar-refractivity contribution < 1.29 is 9.47 Å². The summed E-state index contributed by atoms with van der Waals surface area (Å²) >= 11 is 0. The topological polar surface area (TPSA) is 21.7 Å². The molecule has 1 spiro atoms. The van der Waals surface area contributed by atoms with E-state index in [1.54, 1.807) is 0 Å². The molecule has 1 heterocycles. The van der Waals surface area contributed by atoms with Gasteiger partial charge in [-0.25, -0.2) is 0 Å². The predicted molar refractivity (Wildman–Crippen MR) is 234 cm³/mol. The van der Waals surface area contributed by atoms with E-state index in [0.29, 0.717) is 17.2 Å². The van der Waals surface area contributed by atoms with E-state index in [-0.39, 0.29) is 0 Å². The molecule has 0 saturated heterocycles. The fourth-order valence-corrected chi connectivity index (χ4v) is 9.57. The molecular formula is C54H39NO2. The first-order chi connectivity index (χ1) is 28.2. The van der Waals surface area contributed by atoms with Crippen LogP contribution in [0.3, 0.4) is 0 Å². The summed E-state index contributed by atoms with van der Waals surface area (Å²) < 4.78 is 14.3. The van der Waals surface area contributed by atoms with Crippen molar-refractivity contribution in [3.8, 4) is 56.4 Å². The fraction of sp³-hybridized carbons (Fsp3) is 0.0741. The highest BCUT2D eigenvalue weighted by molar-refractivity contribution is 5.98. The molecule has 3 aliphatic rings. The molecule has 272 valence electrons. The molecule has 0 saturated carbocycles. The van der Waals surface area contributed by atoms with Crippen LogP contribution in [0, 0.1) is 6.92 Å². The Hall–Kier alpha value is -7.10. The number of nitrogens with zero attached hydrogens (tertiary/aromatic N) is 1. The summed E-state index contributed by atoms with van der Waals surface area (Å²) in [6.45, 7) is 4.35. The van der Waals surface area contributed by atoms with Gasteiger partial charge in [-0.2, -0.15) is 0 Å². The summed E-state index contributed by atoms with van der Waals surface area (Å²) in [5.74, 6) is 2.82. The van der Waals surface area contributed by atoms with Gasteiger partial charge < -0.3 is 14.4 Å². The largest absolute Gasteiger partial charge is 0.449 e. The predicted octanol–water partition coefficient (Wildman–Crippen LogP) is 14.8. The maximum Gasteiger partial charge on any atom is 0.194 e. The van der Waals surface area contributed by atoms with E-state index in [0.717, 1.165) is 51.5 Å². The van der Waals surface area contributed by atoms with Gasteiger partial charge in [-0.05, 0) is 105 Å². The maximum absolute atomic E-state index is 7.16. The van der Waals surface area contributed by atoms with E-state index in [2.05, 4.69) is 201 Å². The first-order valence-electron chi connectivity index (χ1n) is 19.8. The number of hydrogen-bond acceptors (Lipinski definition) is 3. The lowest BCUT2D eigenvalue weighted by molar-refractivity contribution is 0.361. The Morgan fingerprint density at radius 2 is 1.11 bits per heavy atom. The number of benzene rings is 8. The third-order valence-electron chi connectivity index (χ3n) is 12.0. The Morgan fingerprint density at radius 3 is 1.86 bits per heavy atom. The number of aryl methyl sites for hydroxylation is 1. The van der Waals surface area contributed by atoms with Gasteiger partial charge in [0.1, 0.15) is 0 Å². The van der Waals surface area contributed by atoms with Crippen molar-refractivity contribution in [2.24, 2.45) is 0 Å². The van der Waals surface area contributed by atoms with E-state index in [9.17, 15) is 0 Å². The molecule has 1 aliphatic heterocycles. The van der Waals surface area contributed by atoms with Crippen LogP contribution in [0.1, 0.15) is 46.7 Å². The second-order valence-corrected chi connectivity index (χ2v) is 15.1. The Kier molecular flexibility index (Phi) is 7.58. The van der Waals surface area contributed by atoms with Crippen LogP contribution in [0.15, 0.2) is 182 Å². The molecule has 0 fully saturated rings. The normalized spacial score (nSPS) is 13.5. The van der Waals surface area contributed by atoms with Gasteiger partial charge in [0.05, 0.1) is 16.8 Å². The van der Waals surface area contributed by atoms with Gasteiger partial charge in [-0.1, -0.05) is 159 Å². The van der Waals surface area contributed by atoms with Crippen LogP contribution in [0.25, 0.3) is 39.5 Å². The van der Waals surface area contributed by atoms with Crippen molar-refractivity contribution in [2.45, 2.75) is 25.7 Å². The smallest absolute Gasteiger partial charge is 0.194 e. The molecule has 3 heteroatoms. The first-order valence-corrected chi connectivity index (χ1v) is 19.8. The minimum atomic E-state index is -0.465. The van der Waals surface area contributed by atoms with Gasteiger partial charge in [0, 0.05) is 16.8 Å². The summed E-state index contributed by atoms with van der Waals surface area (Å²) in [4.78, 5) is 2.33. The van der Waals surface area contributed by atoms with Gasteiger partial charge in [-0.15, -0.1) is 0 Å². The molecule has 0 unspecified atom stereocenters. The number of hydrogen-bond donors (Lipinski definition) is 0. The van der Waals surface area contributed by atoms with E-state index >= 15 is 0 Å². The zero-order chi connectivity index (χ0) is 38.1. The highest BCUT2D eigenvalue weighted by Gasteiger charge is 2.53. The van der Waals surface area contributed by atoms with Crippen molar-refractivity contribution in [1.29, 1.82) is 0 Å². The minimum Gasteiger partial charge on any atom is -0.449 e. The second kappa shape index (κ2) is 13.0. The Bertz CT molecular complexity index is 2880.